The summed E-state index contributed by atoms with van der Waals surface area (Å²) >= 11 is 0. The molecule has 1 amide bonds. The van der Waals surface area contributed by atoms with E-state index in [-0.39, 0.29) is 11.3 Å². The number of hydrogen-bond donors (Lipinski definition) is 1. The van der Waals surface area contributed by atoms with E-state index >= 15 is 0 Å². The molecular weight excluding hydrogens is 410 g/mol. The smallest absolute Gasteiger partial charge is 0.295 e. The lowest BCUT2D eigenvalue weighted by atomic mass is 9.95. The molecule has 0 bridgehead atoms. The molecule has 1 unspecified atom stereocenters. The fourth-order valence-corrected chi connectivity index (χ4v) is 3.74. The average Bonchev–Trinajstić information content (AvgIpc) is 3.07. The number of rotatable bonds is 10. The maximum absolute atomic E-state index is 13.0. The molecule has 2 aromatic rings. The van der Waals surface area contributed by atoms with Gasteiger partial charge < -0.3 is 24.2 Å². The first kappa shape index (κ1) is 23.3. The zero-order valence-electron chi connectivity index (χ0n) is 18.7. The first-order chi connectivity index (χ1) is 15.5. The van der Waals surface area contributed by atoms with Crippen molar-refractivity contribution in [1.82, 2.24) is 4.90 Å². The third-order valence-electron chi connectivity index (χ3n) is 5.30. The van der Waals surface area contributed by atoms with E-state index in [1.807, 2.05) is 31.2 Å². The summed E-state index contributed by atoms with van der Waals surface area (Å²) in [4.78, 5) is 27.5. The second-order valence-corrected chi connectivity index (χ2v) is 7.49. The van der Waals surface area contributed by atoms with Crippen LogP contribution < -0.4 is 9.47 Å². The minimum absolute atomic E-state index is 0.0604. The quantitative estimate of drug-likeness (QED) is 0.261. The summed E-state index contributed by atoms with van der Waals surface area (Å²) in [6, 6.07) is 13.3. The van der Waals surface area contributed by atoms with E-state index in [0.717, 1.165) is 6.42 Å². The van der Waals surface area contributed by atoms with Crippen molar-refractivity contribution in [3.63, 3.8) is 0 Å². The highest BCUT2D eigenvalue weighted by Crippen LogP contribution is 2.40. The molecule has 0 radical (unpaired) electrons. The number of carbonyl (C=O) groups is 2. The van der Waals surface area contributed by atoms with Crippen LogP contribution in [0.4, 0.5) is 0 Å². The number of nitrogens with zero attached hydrogens (tertiary/aromatic N) is 1. The van der Waals surface area contributed by atoms with Crippen LogP contribution in [0.5, 0.6) is 11.5 Å². The molecule has 0 aromatic heterocycles. The van der Waals surface area contributed by atoms with Crippen molar-refractivity contribution >= 4 is 17.4 Å². The third-order valence-corrected chi connectivity index (χ3v) is 5.30. The van der Waals surface area contributed by atoms with Crippen molar-refractivity contribution in [2.45, 2.75) is 25.8 Å². The van der Waals surface area contributed by atoms with Crippen molar-refractivity contribution in [2.24, 2.45) is 0 Å². The molecule has 0 saturated carbocycles. The summed E-state index contributed by atoms with van der Waals surface area (Å²) in [5.74, 6) is -0.290. The number of amides is 1. The van der Waals surface area contributed by atoms with E-state index in [1.165, 1.54) is 4.90 Å². The Bertz CT molecular complexity index is 982. The number of Topliss-reactive ketones (excluding diaryl/α,β-unsaturated/α-hetero) is 1. The van der Waals surface area contributed by atoms with Crippen LogP contribution in [0, 0.1) is 0 Å². The van der Waals surface area contributed by atoms with Crippen molar-refractivity contribution < 1.29 is 28.9 Å². The maximum atomic E-state index is 13.0. The van der Waals surface area contributed by atoms with E-state index in [1.54, 1.807) is 38.5 Å². The topological polar surface area (TPSA) is 85.3 Å². The molecule has 7 nitrogen and oxygen atoms in total. The average molecular weight is 440 g/mol. The second-order valence-electron chi connectivity index (χ2n) is 7.49. The van der Waals surface area contributed by atoms with Crippen LogP contribution in [-0.2, 0) is 14.3 Å². The van der Waals surface area contributed by atoms with Crippen molar-refractivity contribution in [3.05, 3.63) is 65.2 Å². The van der Waals surface area contributed by atoms with Crippen LogP contribution in [0.1, 0.15) is 36.9 Å². The van der Waals surface area contributed by atoms with Gasteiger partial charge in [-0.2, -0.15) is 0 Å². The Hall–Kier alpha value is -3.32. The number of aliphatic hydroxyl groups excluding tert-OH is 1. The van der Waals surface area contributed by atoms with Gasteiger partial charge in [0, 0.05) is 25.8 Å². The fraction of sp³-hybridized carbons (Fsp3) is 0.360. The first-order valence-electron chi connectivity index (χ1n) is 10.7. The molecule has 2 aromatic carbocycles. The zero-order chi connectivity index (χ0) is 23.1. The maximum Gasteiger partial charge on any atom is 0.295 e. The molecule has 1 fully saturated rings. The summed E-state index contributed by atoms with van der Waals surface area (Å²) in [5, 5.41) is 11.1. The van der Waals surface area contributed by atoms with Gasteiger partial charge in [-0.15, -0.1) is 0 Å². The fourth-order valence-electron chi connectivity index (χ4n) is 3.74. The molecule has 0 aliphatic carbocycles. The number of aliphatic hydroxyl groups is 1. The Labute approximate surface area is 188 Å². The van der Waals surface area contributed by atoms with Gasteiger partial charge in [0.05, 0.1) is 25.3 Å². The molecule has 7 heteroatoms. The lowest BCUT2D eigenvalue weighted by molar-refractivity contribution is -0.140. The SMILES string of the molecule is CCCOc1cccc(C2/C(=C(/O)c3ccc(OC)cc3)C(=O)C(=O)N2CCCOC)c1. The van der Waals surface area contributed by atoms with Gasteiger partial charge in [0.1, 0.15) is 17.3 Å². The van der Waals surface area contributed by atoms with E-state index in [0.29, 0.717) is 48.8 Å². The van der Waals surface area contributed by atoms with E-state index in [2.05, 4.69) is 0 Å². The van der Waals surface area contributed by atoms with Gasteiger partial charge in [0.15, 0.2) is 0 Å². The van der Waals surface area contributed by atoms with Gasteiger partial charge in [0.25, 0.3) is 11.7 Å². The molecule has 1 saturated heterocycles. The predicted molar refractivity (Wildman–Crippen MR) is 121 cm³/mol. The zero-order valence-corrected chi connectivity index (χ0v) is 18.7. The number of ketones is 1. The van der Waals surface area contributed by atoms with Gasteiger partial charge in [-0.05, 0) is 54.8 Å². The minimum atomic E-state index is -0.723. The Kier molecular flexibility index (Phi) is 7.89. The summed E-state index contributed by atoms with van der Waals surface area (Å²) in [6.45, 7) is 3.35. The van der Waals surface area contributed by atoms with E-state index in [4.69, 9.17) is 14.2 Å². The standard InChI is InChI=1S/C25H29NO6/c1-4-14-32-20-8-5-7-18(16-20)22-21(23(27)17-9-11-19(31-3)12-10-17)24(28)25(29)26(22)13-6-15-30-2/h5,7-12,16,22,27H,4,6,13-15H2,1-3H3/b23-21-. The van der Waals surface area contributed by atoms with Crippen molar-refractivity contribution in [3.8, 4) is 11.5 Å². The highest BCUT2D eigenvalue weighted by molar-refractivity contribution is 6.46. The number of hydrogen-bond acceptors (Lipinski definition) is 6. The lowest BCUT2D eigenvalue weighted by Crippen LogP contribution is -2.31. The third kappa shape index (κ3) is 4.94. The summed E-state index contributed by atoms with van der Waals surface area (Å²) in [5.41, 5.74) is 1.19. The van der Waals surface area contributed by atoms with E-state index < -0.39 is 17.7 Å². The van der Waals surface area contributed by atoms with Gasteiger partial charge in [0.2, 0.25) is 0 Å². The van der Waals surface area contributed by atoms with Gasteiger partial charge in [-0.1, -0.05) is 19.1 Å². The lowest BCUT2D eigenvalue weighted by Gasteiger charge is -2.25. The molecule has 1 aliphatic heterocycles. The van der Waals surface area contributed by atoms with Gasteiger partial charge >= 0.3 is 0 Å². The van der Waals surface area contributed by atoms with Crippen LogP contribution in [0.15, 0.2) is 54.1 Å². The summed E-state index contributed by atoms with van der Waals surface area (Å²) in [6.07, 6.45) is 1.42. The van der Waals surface area contributed by atoms with Crippen LogP contribution in [0.25, 0.3) is 5.76 Å². The Balaban J connectivity index is 2.08. The largest absolute Gasteiger partial charge is 0.507 e. The number of methoxy groups -OCH3 is 2. The van der Waals surface area contributed by atoms with Crippen LogP contribution in [-0.4, -0.2) is 55.7 Å². The van der Waals surface area contributed by atoms with Crippen molar-refractivity contribution in [2.75, 3.05) is 34.0 Å². The molecule has 3 rings (SSSR count). The molecule has 0 spiro atoms. The normalized spacial score (nSPS) is 17.6. The van der Waals surface area contributed by atoms with Gasteiger partial charge in [-0.3, -0.25) is 9.59 Å². The molecule has 170 valence electrons. The Morgan fingerprint density at radius 2 is 1.78 bits per heavy atom. The van der Waals surface area contributed by atoms with Crippen LogP contribution >= 0.6 is 0 Å². The van der Waals surface area contributed by atoms with E-state index in [9.17, 15) is 14.7 Å². The van der Waals surface area contributed by atoms with Gasteiger partial charge in [-0.25, -0.2) is 0 Å². The number of likely N-dealkylation sites (tertiary alicyclic amines) is 1. The van der Waals surface area contributed by atoms with Crippen LogP contribution in [0.2, 0.25) is 0 Å². The molecular formula is C25H29NO6. The minimum Gasteiger partial charge on any atom is -0.507 e. The predicted octanol–water partition coefficient (Wildman–Crippen LogP) is 3.94. The summed E-state index contributed by atoms with van der Waals surface area (Å²) in [7, 11) is 3.14. The molecule has 32 heavy (non-hydrogen) atoms. The second kappa shape index (κ2) is 10.8. The number of ether oxygens (including phenoxy) is 3. The summed E-state index contributed by atoms with van der Waals surface area (Å²) < 4.78 is 16.0. The highest BCUT2D eigenvalue weighted by Gasteiger charge is 2.45. The van der Waals surface area contributed by atoms with Crippen molar-refractivity contribution in [1.29, 1.82) is 0 Å². The highest BCUT2D eigenvalue weighted by atomic mass is 16.5. The number of carbonyl (C=O) groups excluding carboxylic acids is 2. The first-order valence-corrected chi connectivity index (χ1v) is 10.7. The molecule has 1 aliphatic rings. The molecule has 1 heterocycles. The number of benzene rings is 2. The Morgan fingerprint density at radius 3 is 2.44 bits per heavy atom. The monoisotopic (exact) mass is 439 g/mol. The Morgan fingerprint density at radius 1 is 1.03 bits per heavy atom. The molecule has 1 atom stereocenters. The van der Waals surface area contributed by atoms with Crippen LogP contribution in [0.3, 0.4) is 0 Å². The molecule has 1 N–H and O–H groups in total.